The van der Waals surface area contributed by atoms with Gasteiger partial charge in [-0.3, -0.25) is 4.90 Å². The second kappa shape index (κ2) is 7.63. The molecule has 0 unspecified atom stereocenters. The summed E-state index contributed by atoms with van der Waals surface area (Å²) in [6, 6.07) is 19.2. The average molecular weight is 321 g/mol. The number of likely N-dealkylation sites (tertiary alicyclic amines) is 1. The highest BCUT2D eigenvalue weighted by atomic mass is 15.2. The number of hydrogen-bond donors (Lipinski definition) is 1. The van der Waals surface area contributed by atoms with E-state index in [1.165, 1.54) is 37.9 Å². The fourth-order valence-electron chi connectivity index (χ4n) is 3.59. The number of piperidine rings is 1. The highest BCUT2D eigenvalue weighted by Crippen LogP contribution is 2.23. The smallest absolute Gasteiger partial charge is 0.121 e. The molecule has 1 aromatic heterocycles. The van der Waals surface area contributed by atoms with E-state index in [0.29, 0.717) is 0 Å². The maximum Gasteiger partial charge on any atom is 0.121 e. The van der Waals surface area contributed by atoms with Gasteiger partial charge in [0.2, 0.25) is 0 Å². The van der Waals surface area contributed by atoms with E-state index >= 15 is 0 Å². The van der Waals surface area contributed by atoms with Crippen molar-refractivity contribution in [2.75, 3.05) is 13.1 Å². The molecule has 3 heteroatoms. The molecule has 1 N–H and O–H groups in total. The van der Waals surface area contributed by atoms with E-state index in [1.54, 1.807) is 0 Å². The van der Waals surface area contributed by atoms with Gasteiger partial charge in [0.05, 0.1) is 17.6 Å². The Hall–Kier alpha value is -2.13. The Morgan fingerprint density at radius 3 is 2.42 bits per heavy atom. The minimum atomic E-state index is 0. The number of aromatic nitrogens is 2. The number of nitrogens with one attached hydrogen (secondary N) is 1. The quantitative estimate of drug-likeness (QED) is 0.758. The number of aromatic amines is 1. The largest absolute Gasteiger partial charge is 0.341 e. The normalized spacial score (nSPS) is 16.2. The van der Waals surface area contributed by atoms with Crippen LogP contribution in [-0.4, -0.2) is 28.0 Å². The number of hydrogen-bond acceptors (Lipinski definition) is 2. The first-order valence-corrected chi connectivity index (χ1v) is 8.57. The van der Waals surface area contributed by atoms with E-state index in [2.05, 4.69) is 58.4 Å². The zero-order valence-corrected chi connectivity index (χ0v) is 13.4. The van der Waals surface area contributed by atoms with Crippen LogP contribution in [0.15, 0.2) is 54.6 Å². The maximum atomic E-state index is 4.70. The molecule has 0 saturated carbocycles. The van der Waals surface area contributed by atoms with Crippen LogP contribution in [0.25, 0.3) is 11.0 Å². The van der Waals surface area contributed by atoms with Gasteiger partial charge in [0.1, 0.15) is 5.82 Å². The van der Waals surface area contributed by atoms with Crippen LogP contribution < -0.4 is 0 Å². The van der Waals surface area contributed by atoms with Crippen LogP contribution in [0.1, 0.15) is 31.7 Å². The lowest BCUT2D eigenvalue weighted by atomic mass is 9.90. The average Bonchev–Trinajstić information content (AvgIpc) is 3.00. The fourth-order valence-corrected chi connectivity index (χ4v) is 3.59. The van der Waals surface area contributed by atoms with Crippen molar-refractivity contribution in [2.45, 2.75) is 33.2 Å². The predicted molar refractivity (Wildman–Crippen MR) is 101 cm³/mol. The van der Waals surface area contributed by atoms with E-state index in [0.717, 1.165) is 29.3 Å². The highest BCUT2D eigenvalue weighted by molar-refractivity contribution is 5.74. The van der Waals surface area contributed by atoms with E-state index in [4.69, 9.17) is 4.98 Å². The lowest BCUT2D eigenvalue weighted by Crippen LogP contribution is -2.34. The molecule has 3 nitrogen and oxygen atoms in total. The molecule has 1 aliphatic rings. The van der Waals surface area contributed by atoms with Crippen LogP contribution >= 0.6 is 0 Å². The van der Waals surface area contributed by atoms with E-state index in [9.17, 15) is 0 Å². The number of imidazole rings is 1. The summed E-state index contributed by atoms with van der Waals surface area (Å²) < 4.78 is 0. The first-order chi connectivity index (χ1) is 11.4. The minimum absolute atomic E-state index is 0. The molecule has 0 atom stereocenters. The molecule has 4 rings (SSSR count). The van der Waals surface area contributed by atoms with Crippen molar-refractivity contribution in [2.24, 2.45) is 5.92 Å². The maximum absolute atomic E-state index is 4.70. The minimum Gasteiger partial charge on any atom is -0.341 e. The van der Waals surface area contributed by atoms with Crippen LogP contribution in [0.3, 0.4) is 0 Å². The summed E-state index contributed by atoms with van der Waals surface area (Å²) in [5, 5.41) is 0. The van der Waals surface area contributed by atoms with Gasteiger partial charge in [0, 0.05) is 0 Å². The molecule has 1 fully saturated rings. The SMILES string of the molecule is C.c1ccc(CC2CCN(Cc3nc4ccccc4[nH]3)CC2)cc1. The fraction of sp³-hybridized carbons (Fsp3) is 0.381. The molecule has 2 aromatic carbocycles. The lowest BCUT2D eigenvalue weighted by molar-refractivity contribution is 0.174. The Labute approximate surface area is 144 Å². The summed E-state index contributed by atoms with van der Waals surface area (Å²) in [5.41, 5.74) is 3.69. The van der Waals surface area contributed by atoms with Gasteiger partial charge in [-0.25, -0.2) is 4.98 Å². The Morgan fingerprint density at radius 2 is 1.67 bits per heavy atom. The molecule has 0 radical (unpaired) electrons. The van der Waals surface area contributed by atoms with Crippen molar-refractivity contribution in [3.05, 3.63) is 66.0 Å². The third kappa shape index (κ3) is 3.85. The van der Waals surface area contributed by atoms with Crippen molar-refractivity contribution < 1.29 is 0 Å². The summed E-state index contributed by atoms with van der Waals surface area (Å²) in [7, 11) is 0. The number of H-pyrrole nitrogens is 1. The van der Waals surface area contributed by atoms with Gasteiger partial charge in [0.15, 0.2) is 0 Å². The number of benzene rings is 2. The van der Waals surface area contributed by atoms with Gasteiger partial charge in [-0.15, -0.1) is 0 Å². The van der Waals surface area contributed by atoms with Gasteiger partial charge >= 0.3 is 0 Å². The molecule has 0 amide bonds. The first kappa shape index (κ1) is 16.7. The Bertz CT molecular complexity index is 722. The van der Waals surface area contributed by atoms with Crippen LogP contribution in [-0.2, 0) is 13.0 Å². The third-order valence-electron chi connectivity index (χ3n) is 4.89. The van der Waals surface area contributed by atoms with Gasteiger partial charge in [-0.1, -0.05) is 49.9 Å². The van der Waals surface area contributed by atoms with E-state index in [1.807, 2.05) is 6.07 Å². The zero-order valence-electron chi connectivity index (χ0n) is 13.4. The molecule has 0 bridgehead atoms. The topological polar surface area (TPSA) is 31.9 Å². The summed E-state index contributed by atoms with van der Waals surface area (Å²) in [6.45, 7) is 3.29. The lowest BCUT2D eigenvalue weighted by Gasteiger charge is -2.31. The predicted octanol–water partition coefficient (Wildman–Crippen LogP) is 4.65. The molecule has 3 aromatic rings. The molecule has 0 aliphatic carbocycles. The molecule has 1 saturated heterocycles. The second-order valence-corrected chi connectivity index (χ2v) is 6.61. The zero-order chi connectivity index (χ0) is 15.5. The van der Waals surface area contributed by atoms with Crippen molar-refractivity contribution in [1.82, 2.24) is 14.9 Å². The molecule has 2 heterocycles. The van der Waals surface area contributed by atoms with Crippen LogP contribution in [0, 0.1) is 5.92 Å². The monoisotopic (exact) mass is 321 g/mol. The molecular formula is C21H27N3. The second-order valence-electron chi connectivity index (χ2n) is 6.61. The Balaban J connectivity index is 0.00000169. The number of nitrogens with zero attached hydrogens (tertiary/aromatic N) is 2. The number of rotatable bonds is 4. The summed E-state index contributed by atoms with van der Waals surface area (Å²) in [4.78, 5) is 10.7. The molecule has 0 spiro atoms. The van der Waals surface area contributed by atoms with Crippen molar-refractivity contribution in [3.8, 4) is 0 Å². The number of fused-ring (bicyclic) bond motifs is 1. The van der Waals surface area contributed by atoms with E-state index < -0.39 is 0 Å². The van der Waals surface area contributed by atoms with Crippen LogP contribution in [0.5, 0.6) is 0 Å². The third-order valence-corrected chi connectivity index (χ3v) is 4.89. The summed E-state index contributed by atoms with van der Waals surface area (Å²) >= 11 is 0. The molecule has 24 heavy (non-hydrogen) atoms. The van der Waals surface area contributed by atoms with Gasteiger partial charge in [-0.05, 0) is 56.0 Å². The Kier molecular flexibility index (Phi) is 5.31. The first-order valence-electron chi connectivity index (χ1n) is 8.57. The Morgan fingerprint density at radius 1 is 0.958 bits per heavy atom. The van der Waals surface area contributed by atoms with Crippen molar-refractivity contribution in [1.29, 1.82) is 0 Å². The molecule has 126 valence electrons. The molecule has 1 aliphatic heterocycles. The van der Waals surface area contributed by atoms with Crippen molar-refractivity contribution >= 4 is 11.0 Å². The van der Waals surface area contributed by atoms with Crippen LogP contribution in [0.2, 0.25) is 0 Å². The van der Waals surface area contributed by atoms with Crippen molar-refractivity contribution in [3.63, 3.8) is 0 Å². The van der Waals surface area contributed by atoms with Gasteiger partial charge < -0.3 is 4.98 Å². The summed E-state index contributed by atoms with van der Waals surface area (Å²) in [5.74, 6) is 1.91. The van der Waals surface area contributed by atoms with E-state index in [-0.39, 0.29) is 7.43 Å². The van der Waals surface area contributed by atoms with Gasteiger partial charge in [-0.2, -0.15) is 0 Å². The molecular weight excluding hydrogens is 294 g/mol. The van der Waals surface area contributed by atoms with Crippen LogP contribution in [0.4, 0.5) is 0 Å². The summed E-state index contributed by atoms with van der Waals surface area (Å²) in [6.07, 6.45) is 3.80. The number of para-hydroxylation sites is 2. The highest BCUT2D eigenvalue weighted by Gasteiger charge is 2.20. The van der Waals surface area contributed by atoms with Gasteiger partial charge in [0.25, 0.3) is 0 Å². The standard InChI is InChI=1S/C20H23N3.CH4/c1-2-6-16(7-3-1)14-17-10-12-23(13-11-17)15-20-21-18-8-4-5-9-19(18)22-20;/h1-9,17H,10-15H2,(H,21,22);1H4.